The second-order valence-corrected chi connectivity index (χ2v) is 7.58. The molecule has 0 fully saturated rings. The molecule has 0 unspecified atom stereocenters. The molecule has 140 valence electrons. The summed E-state index contributed by atoms with van der Waals surface area (Å²) in [5.74, 6) is 1.73. The highest BCUT2D eigenvalue weighted by Crippen LogP contribution is 2.28. The number of para-hydroxylation sites is 1. The van der Waals surface area contributed by atoms with Gasteiger partial charge in [-0.05, 0) is 32.4 Å². The molecule has 0 saturated heterocycles. The molecule has 2 aromatic carbocycles. The lowest BCUT2D eigenvalue weighted by Gasteiger charge is -2.10. The van der Waals surface area contributed by atoms with E-state index in [0.29, 0.717) is 6.42 Å². The molecule has 3 rings (SSSR count). The van der Waals surface area contributed by atoms with Crippen LogP contribution in [0.5, 0.6) is 0 Å². The predicted molar refractivity (Wildman–Crippen MR) is 110 cm³/mol. The standard InChI is InChI=1S/C21H24N4OS/c1-16(2)22-19(26)14-9-15-27-21-24-23-20(17-10-5-3-6-11-17)25(21)18-12-7-4-8-13-18/h3-8,10-13,16H,9,14-15H2,1-2H3,(H,22,26). The van der Waals surface area contributed by atoms with Crippen LogP contribution in [0.25, 0.3) is 17.1 Å². The van der Waals surface area contributed by atoms with E-state index in [1.807, 2.05) is 62.4 Å². The molecule has 1 N–H and O–H groups in total. The number of nitrogens with zero attached hydrogens (tertiary/aromatic N) is 3. The van der Waals surface area contributed by atoms with Gasteiger partial charge in [-0.25, -0.2) is 0 Å². The van der Waals surface area contributed by atoms with Crippen LogP contribution >= 0.6 is 11.8 Å². The Morgan fingerprint density at radius 2 is 1.70 bits per heavy atom. The van der Waals surface area contributed by atoms with Crippen LogP contribution in [0.4, 0.5) is 0 Å². The van der Waals surface area contributed by atoms with E-state index in [0.717, 1.165) is 34.4 Å². The first kappa shape index (κ1) is 19.2. The number of nitrogens with one attached hydrogen (secondary N) is 1. The highest BCUT2D eigenvalue weighted by Gasteiger charge is 2.15. The van der Waals surface area contributed by atoms with Gasteiger partial charge in [0.15, 0.2) is 11.0 Å². The molecule has 0 bridgehead atoms. The lowest BCUT2D eigenvalue weighted by molar-refractivity contribution is -0.121. The molecule has 0 atom stereocenters. The maximum absolute atomic E-state index is 11.8. The highest BCUT2D eigenvalue weighted by atomic mass is 32.2. The molecule has 0 radical (unpaired) electrons. The van der Waals surface area contributed by atoms with Crippen LogP contribution in [0.15, 0.2) is 65.8 Å². The minimum Gasteiger partial charge on any atom is -0.354 e. The van der Waals surface area contributed by atoms with Crippen LogP contribution in [0, 0.1) is 0 Å². The van der Waals surface area contributed by atoms with Crippen molar-refractivity contribution in [1.29, 1.82) is 0 Å². The minimum absolute atomic E-state index is 0.0973. The summed E-state index contributed by atoms with van der Waals surface area (Å²) in [5, 5.41) is 12.6. The second kappa shape index (κ2) is 9.37. The van der Waals surface area contributed by atoms with Crippen molar-refractivity contribution in [3.63, 3.8) is 0 Å². The molecule has 3 aromatic rings. The number of hydrogen-bond acceptors (Lipinski definition) is 4. The third-order valence-corrected chi connectivity index (χ3v) is 4.92. The molecule has 27 heavy (non-hydrogen) atoms. The smallest absolute Gasteiger partial charge is 0.220 e. The van der Waals surface area contributed by atoms with Crippen molar-refractivity contribution in [1.82, 2.24) is 20.1 Å². The molecule has 6 heteroatoms. The topological polar surface area (TPSA) is 59.8 Å². The van der Waals surface area contributed by atoms with Crippen LogP contribution in [0.3, 0.4) is 0 Å². The number of aromatic nitrogens is 3. The number of carbonyl (C=O) groups is 1. The van der Waals surface area contributed by atoms with E-state index in [-0.39, 0.29) is 11.9 Å². The Morgan fingerprint density at radius 3 is 2.37 bits per heavy atom. The summed E-state index contributed by atoms with van der Waals surface area (Å²) in [6.45, 7) is 3.94. The average molecular weight is 381 g/mol. The van der Waals surface area contributed by atoms with Gasteiger partial charge in [-0.1, -0.05) is 60.3 Å². The molecule has 0 saturated carbocycles. The van der Waals surface area contributed by atoms with E-state index < -0.39 is 0 Å². The van der Waals surface area contributed by atoms with E-state index in [1.165, 1.54) is 0 Å². The van der Waals surface area contributed by atoms with Gasteiger partial charge in [-0.15, -0.1) is 10.2 Å². The Morgan fingerprint density at radius 1 is 1.04 bits per heavy atom. The van der Waals surface area contributed by atoms with Crippen LogP contribution in [-0.2, 0) is 4.79 Å². The van der Waals surface area contributed by atoms with E-state index in [1.54, 1.807) is 11.8 Å². The number of amides is 1. The Hall–Kier alpha value is -2.60. The molecule has 0 aliphatic rings. The monoisotopic (exact) mass is 380 g/mol. The quantitative estimate of drug-likeness (QED) is 0.467. The van der Waals surface area contributed by atoms with Gasteiger partial charge >= 0.3 is 0 Å². The lowest BCUT2D eigenvalue weighted by atomic mass is 10.2. The number of thioether (sulfide) groups is 1. The third-order valence-electron chi connectivity index (χ3n) is 3.91. The van der Waals surface area contributed by atoms with Crippen molar-refractivity contribution >= 4 is 17.7 Å². The lowest BCUT2D eigenvalue weighted by Crippen LogP contribution is -2.29. The van der Waals surface area contributed by atoms with Crippen LogP contribution in [0.1, 0.15) is 26.7 Å². The summed E-state index contributed by atoms with van der Waals surface area (Å²) in [6, 6.07) is 20.4. The molecule has 5 nitrogen and oxygen atoms in total. The zero-order valence-electron chi connectivity index (χ0n) is 15.6. The zero-order chi connectivity index (χ0) is 19.1. The van der Waals surface area contributed by atoms with Gasteiger partial charge in [0.2, 0.25) is 5.91 Å². The van der Waals surface area contributed by atoms with Gasteiger partial charge in [-0.3, -0.25) is 9.36 Å². The SMILES string of the molecule is CC(C)NC(=O)CCCSc1nnc(-c2ccccc2)n1-c1ccccc1. The van der Waals surface area contributed by atoms with E-state index >= 15 is 0 Å². The molecule has 1 amide bonds. The van der Waals surface area contributed by atoms with Crippen molar-refractivity contribution in [3.05, 3.63) is 60.7 Å². The van der Waals surface area contributed by atoms with Crippen molar-refractivity contribution in [2.45, 2.75) is 37.9 Å². The van der Waals surface area contributed by atoms with E-state index in [9.17, 15) is 4.79 Å². The van der Waals surface area contributed by atoms with Gasteiger partial charge in [0.25, 0.3) is 0 Å². The number of carbonyl (C=O) groups excluding carboxylic acids is 1. The van der Waals surface area contributed by atoms with Gasteiger partial charge < -0.3 is 5.32 Å². The molecular weight excluding hydrogens is 356 g/mol. The normalized spacial score (nSPS) is 10.9. The van der Waals surface area contributed by atoms with Gasteiger partial charge in [0.1, 0.15) is 0 Å². The Bertz CT molecular complexity index is 862. The Balaban J connectivity index is 1.76. The summed E-state index contributed by atoms with van der Waals surface area (Å²) >= 11 is 1.63. The maximum atomic E-state index is 11.8. The average Bonchev–Trinajstić information content (AvgIpc) is 3.10. The Labute approximate surface area is 164 Å². The van der Waals surface area contributed by atoms with Crippen molar-refractivity contribution in [3.8, 4) is 17.1 Å². The fraction of sp³-hybridized carbons (Fsp3) is 0.286. The molecule has 0 aliphatic carbocycles. The van der Waals surface area contributed by atoms with Crippen LogP contribution < -0.4 is 5.32 Å². The summed E-state index contributed by atoms with van der Waals surface area (Å²) in [5.41, 5.74) is 2.05. The van der Waals surface area contributed by atoms with Gasteiger partial charge in [-0.2, -0.15) is 0 Å². The molecule has 0 spiro atoms. The van der Waals surface area contributed by atoms with Crippen molar-refractivity contribution in [2.24, 2.45) is 0 Å². The van der Waals surface area contributed by atoms with Gasteiger partial charge in [0, 0.05) is 29.5 Å². The molecule has 1 heterocycles. The maximum Gasteiger partial charge on any atom is 0.220 e. The first-order valence-electron chi connectivity index (χ1n) is 9.13. The molecular formula is C21H24N4OS. The summed E-state index contributed by atoms with van der Waals surface area (Å²) in [6.07, 6.45) is 1.32. The first-order chi connectivity index (χ1) is 13.1. The minimum atomic E-state index is 0.0973. The van der Waals surface area contributed by atoms with Gasteiger partial charge in [0.05, 0.1) is 0 Å². The van der Waals surface area contributed by atoms with Crippen molar-refractivity contribution < 1.29 is 4.79 Å². The van der Waals surface area contributed by atoms with Crippen LogP contribution in [0.2, 0.25) is 0 Å². The largest absolute Gasteiger partial charge is 0.354 e. The third kappa shape index (κ3) is 5.20. The zero-order valence-corrected chi connectivity index (χ0v) is 16.4. The summed E-state index contributed by atoms with van der Waals surface area (Å²) in [4.78, 5) is 11.8. The predicted octanol–water partition coefficient (Wildman–Crippen LogP) is 4.33. The number of benzene rings is 2. The summed E-state index contributed by atoms with van der Waals surface area (Å²) in [7, 11) is 0. The molecule has 1 aromatic heterocycles. The van der Waals surface area contributed by atoms with Crippen molar-refractivity contribution in [2.75, 3.05) is 5.75 Å². The molecule has 0 aliphatic heterocycles. The van der Waals surface area contributed by atoms with E-state index in [2.05, 4.69) is 32.2 Å². The number of hydrogen-bond donors (Lipinski definition) is 1. The van der Waals surface area contributed by atoms with E-state index in [4.69, 9.17) is 0 Å². The Kier molecular flexibility index (Phi) is 6.65. The van der Waals surface area contributed by atoms with Crippen LogP contribution in [-0.4, -0.2) is 32.5 Å². The summed E-state index contributed by atoms with van der Waals surface area (Å²) < 4.78 is 2.08. The first-order valence-corrected chi connectivity index (χ1v) is 10.1. The fourth-order valence-corrected chi connectivity index (χ4v) is 3.63. The number of rotatable bonds is 8. The fourth-order valence-electron chi connectivity index (χ4n) is 2.74. The second-order valence-electron chi connectivity index (χ2n) is 6.52. The highest BCUT2D eigenvalue weighted by molar-refractivity contribution is 7.99.